The lowest BCUT2D eigenvalue weighted by Crippen LogP contribution is -2.48. The molecule has 0 aliphatic carbocycles. The number of piperazine rings is 1. The van der Waals surface area contributed by atoms with Crippen LogP contribution in [0.15, 0.2) is 36.4 Å². The summed E-state index contributed by atoms with van der Waals surface area (Å²) >= 11 is 0. The molecule has 0 atom stereocenters. The first kappa shape index (κ1) is 20.1. The number of hydrogen-bond donors (Lipinski definition) is 1. The maximum absolute atomic E-state index is 11.6. The van der Waals surface area contributed by atoms with E-state index >= 15 is 0 Å². The molecule has 1 N–H and O–H groups in total. The van der Waals surface area contributed by atoms with Gasteiger partial charge in [0, 0.05) is 51.3 Å². The topological polar surface area (TPSA) is 64.6 Å². The van der Waals surface area contributed by atoms with Gasteiger partial charge in [0.2, 0.25) is 11.9 Å². The quantitative estimate of drug-likeness (QED) is 0.741. The third kappa shape index (κ3) is 5.42. The standard InChI is InChI=1S/C21H30N6O/c1-17(28)26-12-14-27(15-13-26)20-16-19(18-8-5-4-6-9-18)23-21(24-20)22-10-7-11-25(2)3/h4-6,8-9,16H,7,10-15H2,1-3H3,(H,22,23,24). The first-order valence-electron chi connectivity index (χ1n) is 9.86. The summed E-state index contributed by atoms with van der Waals surface area (Å²) in [5, 5.41) is 3.38. The fourth-order valence-electron chi connectivity index (χ4n) is 3.28. The van der Waals surface area contributed by atoms with Crippen molar-refractivity contribution in [3.05, 3.63) is 36.4 Å². The molecule has 1 aliphatic rings. The molecular weight excluding hydrogens is 352 g/mol. The first-order valence-corrected chi connectivity index (χ1v) is 9.86. The van der Waals surface area contributed by atoms with E-state index in [-0.39, 0.29) is 5.91 Å². The lowest BCUT2D eigenvalue weighted by Gasteiger charge is -2.35. The molecule has 1 aromatic heterocycles. The van der Waals surface area contributed by atoms with Gasteiger partial charge in [0.25, 0.3) is 0 Å². The van der Waals surface area contributed by atoms with Crippen LogP contribution >= 0.6 is 0 Å². The second kappa shape index (κ2) is 9.50. The third-order valence-electron chi connectivity index (χ3n) is 4.90. The van der Waals surface area contributed by atoms with E-state index in [2.05, 4.69) is 41.3 Å². The zero-order valence-corrected chi connectivity index (χ0v) is 17.1. The van der Waals surface area contributed by atoms with Gasteiger partial charge in [-0.15, -0.1) is 0 Å². The Hall–Kier alpha value is -2.67. The molecule has 0 spiro atoms. The second-order valence-electron chi connectivity index (χ2n) is 7.38. The smallest absolute Gasteiger partial charge is 0.225 e. The number of hydrogen-bond acceptors (Lipinski definition) is 6. The molecule has 1 aromatic carbocycles. The minimum absolute atomic E-state index is 0.135. The highest BCUT2D eigenvalue weighted by molar-refractivity contribution is 5.73. The van der Waals surface area contributed by atoms with Crippen LogP contribution in [-0.4, -0.2) is 79.0 Å². The second-order valence-corrected chi connectivity index (χ2v) is 7.38. The van der Waals surface area contributed by atoms with Crippen molar-refractivity contribution in [3.63, 3.8) is 0 Å². The van der Waals surface area contributed by atoms with E-state index in [1.165, 1.54) is 0 Å². The van der Waals surface area contributed by atoms with E-state index in [0.717, 1.165) is 62.8 Å². The molecule has 1 aliphatic heterocycles. The predicted octanol–water partition coefficient (Wildman–Crippen LogP) is 2.18. The summed E-state index contributed by atoms with van der Waals surface area (Å²) in [6, 6.07) is 12.2. The van der Waals surface area contributed by atoms with Gasteiger partial charge >= 0.3 is 0 Å². The van der Waals surface area contributed by atoms with Crippen LogP contribution in [0.2, 0.25) is 0 Å². The Balaban J connectivity index is 1.78. The van der Waals surface area contributed by atoms with E-state index in [4.69, 9.17) is 9.97 Å². The fourth-order valence-corrected chi connectivity index (χ4v) is 3.28. The van der Waals surface area contributed by atoms with Gasteiger partial charge in [-0.2, -0.15) is 4.98 Å². The van der Waals surface area contributed by atoms with Crippen LogP contribution in [0.4, 0.5) is 11.8 Å². The van der Waals surface area contributed by atoms with Gasteiger partial charge in [-0.1, -0.05) is 30.3 Å². The molecule has 0 unspecified atom stereocenters. The number of carbonyl (C=O) groups excluding carboxylic acids is 1. The summed E-state index contributed by atoms with van der Waals surface area (Å²) in [5.74, 6) is 1.70. The average molecular weight is 383 g/mol. The van der Waals surface area contributed by atoms with Crippen molar-refractivity contribution < 1.29 is 4.79 Å². The van der Waals surface area contributed by atoms with Gasteiger partial charge < -0.3 is 20.0 Å². The normalized spacial score (nSPS) is 14.4. The number of amides is 1. The van der Waals surface area contributed by atoms with Crippen LogP contribution in [-0.2, 0) is 4.79 Å². The average Bonchev–Trinajstić information content (AvgIpc) is 2.71. The van der Waals surface area contributed by atoms with Crippen molar-refractivity contribution in [1.82, 2.24) is 19.8 Å². The largest absolute Gasteiger partial charge is 0.354 e. The predicted molar refractivity (Wildman–Crippen MR) is 114 cm³/mol. The molecule has 0 saturated carbocycles. The Morgan fingerprint density at radius 1 is 1.11 bits per heavy atom. The number of rotatable bonds is 7. The number of anilines is 2. The number of carbonyl (C=O) groups is 1. The molecule has 28 heavy (non-hydrogen) atoms. The number of aromatic nitrogens is 2. The Kier molecular flexibility index (Phi) is 6.81. The molecule has 1 fully saturated rings. The number of benzene rings is 1. The molecule has 7 nitrogen and oxygen atoms in total. The zero-order chi connectivity index (χ0) is 19.9. The van der Waals surface area contributed by atoms with E-state index in [1.807, 2.05) is 29.2 Å². The lowest BCUT2D eigenvalue weighted by molar-refractivity contribution is -0.129. The van der Waals surface area contributed by atoms with Crippen LogP contribution in [0.25, 0.3) is 11.3 Å². The highest BCUT2D eigenvalue weighted by Gasteiger charge is 2.21. The first-order chi connectivity index (χ1) is 13.5. The van der Waals surface area contributed by atoms with Gasteiger partial charge in [0.15, 0.2) is 0 Å². The SMILES string of the molecule is CC(=O)N1CCN(c2cc(-c3ccccc3)nc(NCCCN(C)C)n2)CC1. The molecule has 3 rings (SSSR count). The van der Waals surface area contributed by atoms with Crippen molar-refractivity contribution in [2.75, 3.05) is 63.6 Å². The minimum Gasteiger partial charge on any atom is -0.354 e. The Labute approximate surface area is 167 Å². The lowest BCUT2D eigenvalue weighted by atomic mass is 10.1. The van der Waals surface area contributed by atoms with Crippen LogP contribution < -0.4 is 10.2 Å². The van der Waals surface area contributed by atoms with Crippen molar-refractivity contribution >= 4 is 17.7 Å². The van der Waals surface area contributed by atoms with Gasteiger partial charge in [-0.3, -0.25) is 4.79 Å². The van der Waals surface area contributed by atoms with Gasteiger partial charge in [-0.05, 0) is 27.1 Å². The van der Waals surface area contributed by atoms with E-state index in [0.29, 0.717) is 5.95 Å². The van der Waals surface area contributed by atoms with Crippen molar-refractivity contribution in [1.29, 1.82) is 0 Å². The maximum Gasteiger partial charge on any atom is 0.225 e. The summed E-state index contributed by atoms with van der Waals surface area (Å²) in [4.78, 5) is 27.4. The van der Waals surface area contributed by atoms with Gasteiger partial charge in [0.05, 0.1) is 5.69 Å². The van der Waals surface area contributed by atoms with E-state index in [1.54, 1.807) is 6.92 Å². The van der Waals surface area contributed by atoms with Crippen molar-refractivity contribution in [3.8, 4) is 11.3 Å². The molecular formula is C21H30N6O. The van der Waals surface area contributed by atoms with Crippen molar-refractivity contribution in [2.45, 2.75) is 13.3 Å². The van der Waals surface area contributed by atoms with E-state index < -0.39 is 0 Å². The van der Waals surface area contributed by atoms with Crippen LogP contribution in [0.1, 0.15) is 13.3 Å². The summed E-state index contributed by atoms with van der Waals surface area (Å²) in [6.45, 7) is 6.50. The molecule has 1 saturated heterocycles. The summed E-state index contributed by atoms with van der Waals surface area (Å²) in [5.41, 5.74) is 1.99. The highest BCUT2D eigenvalue weighted by atomic mass is 16.2. The Morgan fingerprint density at radius 2 is 1.82 bits per heavy atom. The molecule has 0 bridgehead atoms. The third-order valence-corrected chi connectivity index (χ3v) is 4.90. The molecule has 0 radical (unpaired) electrons. The van der Waals surface area contributed by atoms with Crippen LogP contribution in [0.3, 0.4) is 0 Å². The summed E-state index contributed by atoms with van der Waals surface area (Å²) < 4.78 is 0. The van der Waals surface area contributed by atoms with E-state index in [9.17, 15) is 4.79 Å². The van der Waals surface area contributed by atoms with Crippen molar-refractivity contribution in [2.24, 2.45) is 0 Å². The minimum atomic E-state index is 0.135. The maximum atomic E-state index is 11.6. The Morgan fingerprint density at radius 3 is 2.46 bits per heavy atom. The van der Waals surface area contributed by atoms with Crippen LogP contribution in [0, 0.1) is 0 Å². The summed E-state index contributed by atoms with van der Waals surface area (Å²) in [7, 11) is 4.15. The summed E-state index contributed by atoms with van der Waals surface area (Å²) in [6.07, 6.45) is 1.03. The zero-order valence-electron chi connectivity index (χ0n) is 17.1. The molecule has 7 heteroatoms. The Bertz CT molecular complexity index is 772. The highest BCUT2D eigenvalue weighted by Crippen LogP contribution is 2.24. The molecule has 2 aromatic rings. The molecule has 1 amide bonds. The number of nitrogens with zero attached hydrogens (tertiary/aromatic N) is 5. The molecule has 2 heterocycles. The number of nitrogens with one attached hydrogen (secondary N) is 1. The molecule has 150 valence electrons. The van der Waals surface area contributed by atoms with Gasteiger partial charge in [-0.25, -0.2) is 4.98 Å². The monoisotopic (exact) mass is 382 g/mol. The fraction of sp³-hybridized carbons (Fsp3) is 0.476. The van der Waals surface area contributed by atoms with Gasteiger partial charge in [0.1, 0.15) is 5.82 Å². The van der Waals surface area contributed by atoms with Crippen LogP contribution in [0.5, 0.6) is 0 Å².